The summed E-state index contributed by atoms with van der Waals surface area (Å²) >= 11 is 3.51. The van der Waals surface area contributed by atoms with Gasteiger partial charge in [0.25, 0.3) is 0 Å². The van der Waals surface area contributed by atoms with E-state index in [9.17, 15) is 0 Å². The third kappa shape index (κ3) is 4.97. The number of nitrogens with zero attached hydrogens (tertiary/aromatic N) is 3. The van der Waals surface area contributed by atoms with Gasteiger partial charge >= 0.3 is 0 Å². The van der Waals surface area contributed by atoms with Crippen LogP contribution in [0, 0.1) is 0 Å². The minimum atomic E-state index is 0.601. The fraction of sp³-hybridized carbons (Fsp3) is 0. The molecule has 0 spiro atoms. The minimum absolute atomic E-state index is 0.601. The van der Waals surface area contributed by atoms with E-state index in [0.717, 1.165) is 54.2 Å². The Kier molecular flexibility index (Phi) is 6.58. The molecule has 0 radical (unpaired) electrons. The topological polar surface area (TPSA) is 51.8 Å². The number of aromatic nitrogens is 3. The zero-order chi connectivity index (χ0) is 29.5. The average molecular weight is 631 g/mol. The van der Waals surface area contributed by atoms with Gasteiger partial charge in [-0.25, -0.2) is 15.0 Å². The highest BCUT2D eigenvalue weighted by Gasteiger charge is 2.15. The Labute approximate surface area is 262 Å². The first-order valence-electron chi connectivity index (χ1n) is 14.4. The number of para-hydroxylation sites is 1. The molecule has 2 aromatic heterocycles. The molecule has 0 atom stereocenters. The molecule has 44 heavy (non-hydrogen) atoms. The van der Waals surface area contributed by atoms with Crippen molar-refractivity contribution in [2.75, 3.05) is 0 Å². The van der Waals surface area contributed by atoms with Crippen molar-refractivity contribution >= 4 is 37.9 Å². The van der Waals surface area contributed by atoms with Crippen molar-refractivity contribution in [2.24, 2.45) is 0 Å². The zero-order valence-corrected chi connectivity index (χ0v) is 25.1. The molecular weight excluding hydrogens is 606 g/mol. The van der Waals surface area contributed by atoms with Crippen LogP contribution in [0.4, 0.5) is 0 Å². The molecule has 6 aromatic carbocycles. The lowest BCUT2D eigenvalue weighted by molar-refractivity contribution is 0.669. The van der Waals surface area contributed by atoms with Crippen LogP contribution in [0.1, 0.15) is 0 Å². The Balaban J connectivity index is 1.16. The fourth-order valence-electron chi connectivity index (χ4n) is 5.52. The van der Waals surface area contributed by atoms with E-state index >= 15 is 0 Å². The third-order valence-electron chi connectivity index (χ3n) is 7.84. The molecule has 5 heteroatoms. The van der Waals surface area contributed by atoms with Crippen molar-refractivity contribution in [1.29, 1.82) is 0 Å². The molecule has 0 N–H and O–H groups in total. The van der Waals surface area contributed by atoms with Gasteiger partial charge in [0.1, 0.15) is 11.2 Å². The minimum Gasteiger partial charge on any atom is -0.456 e. The molecule has 0 aliphatic rings. The van der Waals surface area contributed by atoms with Gasteiger partial charge in [0.05, 0.1) is 0 Å². The van der Waals surface area contributed by atoms with Crippen LogP contribution in [0.15, 0.2) is 154 Å². The van der Waals surface area contributed by atoms with Crippen molar-refractivity contribution in [3.8, 4) is 56.4 Å². The monoisotopic (exact) mass is 629 g/mol. The van der Waals surface area contributed by atoms with E-state index in [2.05, 4.69) is 107 Å². The predicted octanol–water partition coefficient (Wildman–Crippen LogP) is 10.9. The Hall–Kier alpha value is -5.39. The maximum Gasteiger partial charge on any atom is 0.164 e. The Morgan fingerprint density at radius 2 is 0.795 bits per heavy atom. The molecule has 0 unspecified atom stereocenters. The molecule has 2 heterocycles. The second-order valence-electron chi connectivity index (χ2n) is 10.6. The van der Waals surface area contributed by atoms with Crippen LogP contribution in [0.25, 0.3) is 78.4 Å². The lowest BCUT2D eigenvalue weighted by atomic mass is 9.99. The lowest BCUT2D eigenvalue weighted by Crippen LogP contribution is -2.00. The van der Waals surface area contributed by atoms with Crippen LogP contribution in [0.5, 0.6) is 0 Å². The van der Waals surface area contributed by atoms with E-state index in [-0.39, 0.29) is 0 Å². The maximum atomic E-state index is 6.16. The molecule has 8 aromatic rings. The van der Waals surface area contributed by atoms with Gasteiger partial charge in [-0.3, -0.25) is 0 Å². The van der Waals surface area contributed by atoms with Crippen LogP contribution < -0.4 is 0 Å². The van der Waals surface area contributed by atoms with E-state index in [4.69, 9.17) is 19.4 Å². The number of hydrogen-bond acceptors (Lipinski definition) is 4. The van der Waals surface area contributed by atoms with Crippen molar-refractivity contribution in [3.63, 3.8) is 0 Å². The van der Waals surface area contributed by atoms with Crippen molar-refractivity contribution in [1.82, 2.24) is 15.0 Å². The van der Waals surface area contributed by atoms with E-state index < -0.39 is 0 Å². The summed E-state index contributed by atoms with van der Waals surface area (Å²) in [5, 5.41) is 2.17. The van der Waals surface area contributed by atoms with Gasteiger partial charge in [-0.2, -0.15) is 0 Å². The van der Waals surface area contributed by atoms with Gasteiger partial charge in [-0.05, 0) is 52.6 Å². The highest BCUT2D eigenvalue weighted by atomic mass is 79.9. The van der Waals surface area contributed by atoms with Gasteiger partial charge in [0.2, 0.25) is 0 Å². The number of halogens is 1. The van der Waals surface area contributed by atoms with Crippen LogP contribution in [-0.2, 0) is 0 Å². The van der Waals surface area contributed by atoms with Gasteiger partial charge in [0, 0.05) is 31.9 Å². The van der Waals surface area contributed by atoms with E-state index in [0.29, 0.717) is 17.5 Å². The molecule has 0 fully saturated rings. The highest BCUT2D eigenvalue weighted by molar-refractivity contribution is 9.10. The summed E-state index contributed by atoms with van der Waals surface area (Å²) in [6.45, 7) is 0. The van der Waals surface area contributed by atoms with Gasteiger partial charge in [-0.1, -0.05) is 131 Å². The first kappa shape index (κ1) is 26.3. The number of benzene rings is 6. The fourth-order valence-corrected chi connectivity index (χ4v) is 5.79. The Morgan fingerprint density at radius 3 is 1.41 bits per heavy atom. The first-order chi connectivity index (χ1) is 21.7. The molecule has 0 aliphatic heterocycles. The van der Waals surface area contributed by atoms with Crippen LogP contribution in [-0.4, -0.2) is 15.0 Å². The molecule has 208 valence electrons. The smallest absolute Gasteiger partial charge is 0.164 e. The number of hydrogen-bond donors (Lipinski definition) is 0. The molecular formula is C39H24BrN3O. The van der Waals surface area contributed by atoms with Gasteiger partial charge in [-0.15, -0.1) is 0 Å². The Morgan fingerprint density at radius 1 is 0.364 bits per heavy atom. The second kappa shape index (κ2) is 11.0. The average Bonchev–Trinajstić information content (AvgIpc) is 3.47. The Bertz CT molecular complexity index is 2260. The van der Waals surface area contributed by atoms with Crippen LogP contribution in [0.2, 0.25) is 0 Å². The number of fused-ring (bicyclic) bond motifs is 3. The lowest BCUT2D eigenvalue weighted by Gasteiger charge is -2.09. The summed E-state index contributed by atoms with van der Waals surface area (Å²) in [6, 6.07) is 49.7. The molecule has 0 amide bonds. The summed E-state index contributed by atoms with van der Waals surface area (Å²) in [7, 11) is 0. The van der Waals surface area contributed by atoms with Crippen molar-refractivity contribution in [3.05, 3.63) is 150 Å². The van der Waals surface area contributed by atoms with Gasteiger partial charge in [0.15, 0.2) is 17.5 Å². The van der Waals surface area contributed by atoms with Gasteiger partial charge < -0.3 is 4.42 Å². The van der Waals surface area contributed by atoms with E-state index in [1.54, 1.807) is 0 Å². The summed E-state index contributed by atoms with van der Waals surface area (Å²) in [5.41, 5.74) is 9.06. The highest BCUT2D eigenvalue weighted by Crippen LogP contribution is 2.33. The summed E-state index contributed by atoms with van der Waals surface area (Å²) in [4.78, 5) is 14.7. The maximum absolute atomic E-state index is 6.16. The van der Waals surface area contributed by atoms with E-state index in [1.807, 2.05) is 54.6 Å². The summed E-state index contributed by atoms with van der Waals surface area (Å²) < 4.78 is 7.24. The SMILES string of the molecule is Brc1ccc(-c2ccc(-c3ccc(-c4nc(-c5ccccc5)nc(-c5ccc6c(c5)oc5ccccc56)n4)cc3)cc2)cc1. The van der Waals surface area contributed by atoms with Crippen LogP contribution in [0.3, 0.4) is 0 Å². The number of rotatable bonds is 5. The molecule has 8 rings (SSSR count). The third-order valence-corrected chi connectivity index (χ3v) is 8.37. The molecule has 0 aliphatic carbocycles. The van der Waals surface area contributed by atoms with Crippen molar-refractivity contribution in [2.45, 2.75) is 0 Å². The quantitative estimate of drug-likeness (QED) is 0.190. The summed E-state index contributed by atoms with van der Waals surface area (Å²) in [5.74, 6) is 1.85. The molecule has 0 saturated heterocycles. The molecule has 0 saturated carbocycles. The molecule has 4 nitrogen and oxygen atoms in total. The largest absolute Gasteiger partial charge is 0.456 e. The summed E-state index contributed by atoms with van der Waals surface area (Å²) in [6.07, 6.45) is 0. The second-order valence-corrected chi connectivity index (χ2v) is 11.6. The zero-order valence-electron chi connectivity index (χ0n) is 23.5. The normalized spacial score (nSPS) is 11.3. The van der Waals surface area contributed by atoms with Crippen LogP contribution >= 0.6 is 15.9 Å². The van der Waals surface area contributed by atoms with Crippen molar-refractivity contribution < 1.29 is 4.42 Å². The first-order valence-corrected chi connectivity index (χ1v) is 15.2. The molecule has 0 bridgehead atoms. The number of furan rings is 1. The predicted molar refractivity (Wildman–Crippen MR) is 182 cm³/mol. The van der Waals surface area contributed by atoms with E-state index in [1.165, 1.54) is 11.1 Å². The standard InChI is InChI=1S/C39H24BrN3O/c40-32-21-18-28(19-22-32)26-12-10-25(11-13-26)27-14-16-30(17-15-27)38-41-37(29-6-2-1-3-7-29)42-39(43-38)31-20-23-34-33-8-4-5-9-35(33)44-36(34)24-31/h1-24H.